The summed E-state index contributed by atoms with van der Waals surface area (Å²) in [6.07, 6.45) is 3.62. The molecule has 114 valence electrons. The second kappa shape index (κ2) is 9.70. The summed E-state index contributed by atoms with van der Waals surface area (Å²) >= 11 is 0. The summed E-state index contributed by atoms with van der Waals surface area (Å²) < 4.78 is 11.0. The van der Waals surface area contributed by atoms with E-state index in [0.29, 0.717) is 12.1 Å². The van der Waals surface area contributed by atoms with Crippen LogP contribution in [0.3, 0.4) is 0 Å². The first-order valence-electron chi connectivity index (χ1n) is 7.84. The first-order chi connectivity index (χ1) is 9.19. The highest BCUT2D eigenvalue weighted by molar-refractivity contribution is 4.88. The van der Waals surface area contributed by atoms with E-state index in [0.717, 1.165) is 51.9 Å². The largest absolute Gasteiger partial charge is 0.380 e. The number of ether oxygens (including phenoxy) is 2. The second-order valence-electron chi connectivity index (χ2n) is 5.58. The molecule has 19 heavy (non-hydrogen) atoms. The van der Waals surface area contributed by atoms with Gasteiger partial charge in [-0.1, -0.05) is 6.92 Å². The summed E-state index contributed by atoms with van der Waals surface area (Å²) in [6.45, 7) is 11.5. The molecule has 1 fully saturated rings. The molecule has 0 aromatic carbocycles. The van der Waals surface area contributed by atoms with Crippen LogP contribution in [0.5, 0.6) is 0 Å². The van der Waals surface area contributed by atoms with Crippen molar-refractivity contribution in [3.63, 3.8) is 0 Å². The second-order valence-corrected chi connectivity index (χ2v) is 5.58. The summed E-state index contributed by atoms with van der Waals surface area (Å²) in [7, 11) is 0. The van der Waals surface area contributed by atoms with E-state index in [-0.39, 0.29) is 0 Å². The highest BCUT2D eigenvalue weighted by Crippen LogP contribution is 2.26. The van der Waals surface area contributed by atoms with Gasteiger partial charge in [-0.05, 0) is 39.0 Å². The minimum Gasteiger partial charge on any atom is -0.380 e. The van der Waals surface area contributed by atoms with Crippen LogP contribution in [0.25, 0.3) is 0 Å². The van der Waals surface area contributed by atoms with E-state index in [2.05, 4.69) is 11.8 Å². The van der Waals surface area contributed by atoms with E-state index < -0.39 is 0 Å². The molecule has 0 spiro atoms. The van der Waals surface area contributed by atoms with Crippen LogP contribution in [0.4, 0.5) is 0 Å². The summed E-state index contributed by atoms with van der Waals surface area (Å²) in [5.41, 5.74) is 6.33. The van der Waals surface area contributed by atoms with Gasteiger partial charge in [-0.25, -0.2) is 0 Å². The molecule has 4 nitrogen and oxygen atoms in total. The Balaban J connectivity index is 2.48. The molecule has 0 aromatic heterocycles. The van der Waals surface area contributed by atoms with Crippen LogP contribution in [-0.4, -0.2) is 56.5 Å². The summed E-state index contributed by atoms with van der Waals surface area (Å²) in [5.74, 6) is 0.784. The molecular formula is C15H32N2O2. The van der Waals surface area contributed by atoms with Crippen molar-refractivity contribution < 1.29 is 9.47 Å². The van der Waals surface area contributed by atoms with E-state index in [1.54, 1.807) is 0 Å². The average Bonchev–Trinajstić information content (AvgIpc) is 2.40. The molecule has 0 bridgehead atoms. The molecular weight excluding hydrogens is 240 g/mol. The Kier molecular flexibility index (Phi) is 8.62. The molecule has 0 aliphatic heterocycles. The van der Waals surface area contributed by atoms with Crippen LogP contribution in [0, 0.1) is 5.92 Å². The first-order valence-corrected chi connectivity index (χ1v) is 7.84. The predicted octanol–water partition coefficient (Wildman–Crippen LogP) is 1.88. The third-order valence-corrected chi connectivity index (χ3v) is 4.05. The lowest BCUT2D eigenvalue weighted by Gasteiger charge is -2.40. The number of nitrogens with zero attached hydrogens (tertiary/aromatic N) is 1. The highest BCUT2D eigenvalue weighted by Gasteiger charge is 2.30. The number of hydrogen-bond donors (Lipinski definition) is 1. The number of nitrogens with two attached hydrogens (primary N) is 1. The van der Waals surface area contributed by atoms with Gasteiger partial charge in [-0.2, -0.15) is 0 Å². The zero-order valence-electron chi connectivity index (χ0n) is 12.9. The van der Waals surface area contributed by atoms with Gasteiger partial charge in [0.2, 0.25) is 0 Å². The summed E-state index contributed by atoms with van der Waals surface area (Å²) in [4.78, 5) is 2.48. The Hall–Kier alpha value is -0.160. The lowest BCUT2D eigenvalue weighted by Crippen LogP contribution is -2.52. The monoisotopic (exact) mass is 272 g/mol. The maximum Gasteiger partial charge on any atom is 0.0593 e. The van der Waals surface area contributed by atoms with Gasteiger partial charge in [-0.15, -0.1) is 0 Å². The molecule has 1 aliphatic rings. The molecule has 3 atom stereocenters. The Morgan fingerprint density at radius 3 is 2.16 bits per heavy atom. The summed E-state index contributed by atoms with van der Waals surface area (Å²) in [6, 6.07) is 0.795. The first kappa shape index (κ1) is 16.9. The van der Waals surface area contributed by atoms with Crippen LogP contribution in [-0.2, 0) is 9.47 Å². The zero-order chi connectivity index (χ0) is 14.1. The van der Waals surface area contributed by atoms with Crippen LogP contribution in [0.2, 0.25) is 0 Å². The molecule has 0 heterocycles. The Bertz CT molecular complexity index is 216. The van der Waals surface area contributed by atoms with Gasteiger partial charge in [0, 0.05) is 38.4 Å². The molecule has 1 saturated carbocycles. The van der Waals surface area contributed by atoms with Crippen molar-refractivity contribution in [2.24, 2.45) is 11.7 Å². The van der Waals surface area contributed by atoms with E-state index in [9.17, 15) is 0 Å². The molecule has 1 aliphatic carbocycles. The van der Waals surface area contributed by atoms with Crippen molar-refractivity contribution >= 4 is 0 Å². The molecule has 1 rings (SSSR count). The van der Waals surface area contributed by atoms with E-state index in [1.165, 1.54) is 12.8 Å². The van der Waals surface area contributed by atoms with Crippen molar-refractivity contribution in [3.8, 4) is 0 Å². The molecule has 0 aromatic rings. The fraction of sp³-hybridized carbons (Fsp3) is 1.00. The quantitative estimate of drug-likeness (QED) is 0.651. The van der Waals surface area contributed by atoms with Gasteiger partial charge in [0.15, 0.2) is 0 Å². The highest BCUT2D eigenvalue weighted by atomic mass is 16.5. The van der Waals surface area contributed by atoms with Gasteiger partial charge < -0.3 is 15.2 Å². The molecule has 4 heteroatoms. The normalized spacial score (nSPS) is 27.9. The molecule has 3 unspecified atom stereocenters. The lowest BCUT2D eigenvalue weighted by atomic mass is 9.83. The van der Waals surface area contributed by atoms with Crippen molar-refractivity contribution in [2.75, 3.05) is 39.5 Å². The fourth-order valence-electron chi connectivity index (χ4n) is 2.89. The maximum absolute atomic E-state index is 6.33. The molecule has 0 radical (unpaired) electrons. The fourth-order valence-corrected chi connectivity index (χ4v) is 2.89. The maximum atomic E-state index is 6.33. The third-order valence-electron chi connectivity index (χ3n) is 4.05. The van der Waals surface area contributed by atoms with Gasteiger partial charge >= 0.3 is 0 Å². The topological polar surface area (TPSA) is 47.7 Å². The SMILES string of the molecule is CCOCCN(CCOCC)C1CC(C)CCC1N. The minimum atomic E-state index is 0.305. The Labute approximate surface area is 118 Å². The standard InChI is InChI=1S/C15H32N2O2/c1-4-18-10-8-17(9-11-19-5-2)15-12-13(3)6-7-14(15)16/h13-15H,4-12,16H2,1-3H3. The van der Waals surface area contributed by atoms with Crippen molar-refractivity contribution in [3.05, 3.63) is 0 Å². The predicted molar refractivity (Wildman–Crippen MR) is 79.3 cm³/mol. The van der Waals surface area contributed by atoms with Gasteiger partial charge in [0.1, 0.15) is 0 Å². The van der Waals surface area contributed by atoms with Crippen LogP contribution in [0.15, 0.2) is 0 Å². The van der Waals surface area contributed by atoms with Crippen molar-refractivity contribution in [2.45, 2.75) is 52.1 Å². The van der Waals surface area contributed by atoms with E-state index >= 15 is 0 Å². The minimum absolute atomic E-state index is 0.305. The van der Waals surface area contributed by atoms with Gasteiger partial charge in [-0.3, -0.25) is 4.90 Å². The molecule has 0 saturated heterocycles. The van der Waals surface area contributed by atoms with Crippen LogP contribution < -0.4 is 5.73 Å². The molecule has 0 amide bonds. The molecule has 2 N–H and O–H groups in total. The number of hydrogen-bond acceptors (Lipinski definition) is 4. The van der Waals surface area contributed by atoms with E-state index in [1.807, 2.05) is 13.8 Å². The smallest absolute Gasteiger partial charge is 0.0593 e. The van der Waals surface area contributed by atoms with Crippen LogP contribution >= 0.6 is 0 Å². The van der Waals surface area contributed by atoms with Gasteiger partial charge in [0.05, 0.1) is 13.2 Å². The Morgan fingerprint density at radius 2 is 1.63 bits per heavy atom. The van der Waals surface area contributed by atoms with E-state index in [4.69, 9.17) is 15.2 Å². The number of rotatable bonds is 9. The average molecular weight is 272 g/mol. The lowest BCUT2D eigenvalue weighted by molar-refractivity contribution is 0.0403. The Morgan fingerprint density at radius 1 is 1.05 bits per heavy atom. The van der Waals surface area contributed by atoms with Crippen molar-refractivity contribution in [1.29, 1.82) is 0 Å². The van der Waals surface area contributed by atoms with Crippen LogP contribution in [0.1, 0.15) is 40.0 Å². The van der Waals surface area contributed by atoms with Crippen molar-refractivity contribution in [1.82, 2.24) is 4.90 Å². The third kappa shape index (κ3) is 6.21. The summed E-state index contributed by atoms with van der Waals surface area (Å²) in [5, 5.41) is 0. The zero-order valence-corrected chi connectivity index (χ0v) is 12.9. The van der Waals surface area contributed by atoms with Gasteiger partial charge in [0.25, 0.3) is 0 Å².